The molecule has 1 aliphatic carbocycles. The Balaban J connectivity index is 0.000000980. The molecule has 3 nitrogen and oxygen atoms in total. The van der Waals surface area contributed by atoms with Crippen LogP contribution in [0.2, 0.25) is 0 Å². The summed E-state index contributed by atoms with van der Waals surface area (Å²) in [4.78, 5) is 15.7. The molecule has 1 saturated carbocycles. The summed E-state index contributed by atoms with van der Waals surface area (Å²) in [7, 11) is 1.90. The lowest BCUT2D eigenvalue weighted by Gasteiger charge is -2.25. The molecule has 2 fully saturated rings. The first kappa shape index (κ1) is 11.6. The number of urea groups is 1. The van der Waals surface area contributed by atoms with Crippen molar-refractivity contribution in [1.82, 2.24) is 9.80 Å². The van der Waals surface area contributed by atoms with Gasteiger partial charge in [0.15, 0.2) is 0 Å². The minimum atomic E-state index is 0. The van der Waals surface area contributed by atoms with Crippen molar-refractivity contribution in [1.29, 1.82) is 0 Å². The van der Waals surface area contributed by atoms with Crippen molar-refractivity contribution in [2.75, 3.05) is 13.6 Å². The molecule has 2 rings (SSSR count). The SMILES string of the molecule is CC(C)C1CN(C)C(=O)N1C1CC1.Cl. The Bertz CT molecular complexity index is 228. The fourth-order valence-electron chi connectivity index (χ4n) is 2.10. The highest BCUT2D eigenvalue weighted by molar-refractivity contribution is 5.85. The minimum Gasteiger partial charge on any atom is -0.326 e. The van der Waals surface area contributed by atoms with Gasteiger partial charge in [-0.25, -0.2) is 4.79 Å². The summed E-state index contributed by atoms with van der Waals surface area (Å²) in [6.45, 7) is 5.31. The Morgan fingerprint density at radius 3 is 2.36 bits per heavy atom. The number of hydrogen-bond acceptors (Lipinski definition) is 1. The second-order valence-corrected chi connectivity index (χ2v) is 4.61. The lowest BCUT2D eigenvalue weighted by molar-refractivity contribution is 0.179. The normalized spacial score (nSPS) is 27.1. The lowest BCUT2D eigenvalue weighted by Crippen LogP contribution is -2.39. The van der Waals surface area contributed by atoms with Crippen molar-refractivity contribution in [3.05, 3.63) is 0 Å². The van der Waals surface area contributed by atoms with Gasteiger partial charge in [-0.2, -0.15) is 0 Å². The number of carbonyl (C=O) groups is 1. The highest BCUT2D eigenvalue weighted by Gasteiger charge is 2.44. The average molecular weight is 219 g/mol. The van der Waals surface area contributed by atoms with Gasteiger partial charge in [-0.15, -0.1) is 12.4 Å². The van der Waals surface area contributed by atoms with E-state index in [0.717, 1.165) is 6.54 Å². The van der Waals surface area contributed by atoms with Crippen LogP contribution in [0.4, 0.5) is 4.79 Å². The van der Waals surface area contributed by atoms with E-state index in [1.54, 1.807) is 0 Å². The fraction of sp³-hybridized carbons (Fsp3) is 0.900. The quantitative estimate of drug-likeness (QED) is 0.695. The van der Waals surface area contributed by atoms with E-state index in [0.29, 0.717) is 18.0 Å². The van der Waals surface area contributed by atoms with Crippen molar-refractivity contribution < 1.29 is 4.79 Å². The molecule has 1 heterocycles. The summed E-state index contributed by atoms with van der Waals surface area (Å²) >= 11 is 0. The number of nitrogens with zero attached hydrogens (tertiary/aromatic N) is 2. The molecular formula is C10H19ClN2O. The number of amides is 2. The molecular weight excluding hydrogens is 200 g/mol. The van der Waals surface area contributed by atoms with Gasteiger partial charge < -0.3 is 9.80 Å². The van der Waals surface area contributed by atoms with Crippen molar-refractivity contribution in [3.8, 4) is 0 Å². The second-order valence-electron chi connectivity index (χ2n) is 4.61. The maximum Gasteiger partial charge on any atom is 0.320 e. The van der Waals surface area contributed by atoms with Crippen LogP contribution >= 0.6 is 12.4 Å². The topological polar surface area (TPSA) is 23.6 Å². The molecule has 0 aromatic heterocycles. The predicted molar refractivity (Wildman–Crippen MR) is 58.8 cm³/mol. The van der Waals surface area contributed by atoms with Crippen LogP contribution in [0.15, 0.2) is 0 Å². The van der Waals surface area contributed by atoms with Crippen LogP contribution in [-0.4, -0.2) is 41.5 Å². The Hall–Kier alpha value is -0.440. The van der Waals surface area contributed by atoms with Crippen molar-refractivity contribution in [2.24, 2.45) is 5.92 Å². The molecule has 0 aromatic rings. The largest absolute Gasteiger partial charge is 0.326 e. The fourth-order valence-corrected chi connectivity index (χ4v) is 2.10. The van der Waals surface area contributed by atoms with E-state index in [4.69, 9.17) is 0 Å². The number of rotatable bonds is 2. The Kier molecular flexibility index (Phi) is 3.30. The zero-order valence-electron chi connectivity index (χ0n) is 9.06. The number of carbonyl (C=O) groups excluding carboxylic acids is 1. The third-order valence-corrected chi connectivity index (χ3v) is 3.08. The molecule has 82 valence electrons. The highest BCUT2D eigenvalue weighted by atomic mass is 35.5. The third kappa shape index (κ3) is 1.83. The molecule has 14 heavy (non-hydrogen) atoms. The summed E-state index contributed by atoms with van der Waals surface area (Å²) in [5.41, 5.74) is 0. The zero-order chi connectivity index (χ0) is 9.59. The van der Waals surface area contributed by atoms with Crippen LogP contribution in [0.25, 0.3) is 0 Å². The maximum atomic E-state index is 11.8. The average Bonchev–Trinajstić information content (AvgIpc) is 2.82. The molecule has 0 aromatic carbocycles. The van der Waals surface area contributed by atoms with E-state index in [1.807, 2.05) is 11.9 Å². The number of halogens is 1. The van der Waals surface area contributed by atoms with E-state index < -0.39 is 0 Å². The van der Waals surface area contributed by atoms with Crippen molar-refractivity contribution in [3.63, 3.8) is 0 Å². The van der Waals surface area contributed by atoms with Crippen LogP contribution in [0.3, 0.4) is 0 Å². The van der Waals surface area contributed by atoms with Gasteiger partial charge in [-0.05, 0) is 18.8 Å². The molecule has 4 heteroatoms. The van der Waals surface area contributed by atoms with E-state index in [2.05, 4.69) is 18.7 Å². The van der Waals surface area contributed by atoms with E-state index in [1.165, 1.54) is 12.8 Å². The van der Waals surface area contributed by atoms with Gasteiger partial charge in [0.05, 0.1) is 6.04 Å². The molecule has 1 atom stereocenters. The lowest BCUT2D eigenvalue weighted by atomic mass is 10.0. The van der Waals surface area contributed by atoms with E-state index in [9.17, 15) is 4.79 Å². The summed E-state index contributed by atoms with van der Waals surface area (Å²) < 4.78 is 0. The first-order valence-corrected chi connectivity index (χ1v) is 5.14. The van der Waals surface area contributed by atoms with Gasteiger partial charge in [0.1, 0.15) is 0 Å². The van der Waals surface area contributed by atoms with Crippen LogP contribution in [0.1, 0.15) is 26.7 Å². The molecule has 0 radical (unpaired) electrons. The number of likely N-dealkylation sites (N-methyl/N-ethyl adjacent to an activating group) is 1. The first-order valence-electron chi connectivity index (χ1n) is 5.14. The standard InChI is InChI=1S/C10H18N2O.ClH/c1-7(2)9-6-11(3)10(13)12(9)8-4-5-8;/h7-9H,4-6H2,1-3H3;1H. The van der Waals surface area contributed by atoms with E-state index >= 15 is 0 Å². The molecule has 0 spiro atoms. The van der Waals surface area contributed by atoms with Gasteiger partial charge in [-0.3, -0.25) is 0 Å². The zero-order valence-corrected chi connectivity index (χ0v) is 9.88. The molecule has 0 N–H and O–H groups in total. The molecule has 1 aliphatic heterocycles. The van der Waals surface area contributed by atoms with Crippen LogP contribution < -0.4 is 0 Å². The summed E-state index contributed by atoms with van der Waals surface area (Å²) in [6.07, 6.45) is 2.42. The maximum absolute atomic E-state index is 11.8. The second kappa shape index (κ2) is 3.97. The number of hydrogen-bond donors (Lipinski definition) is 0. The van der Waals surface area contributed by atoms with Gasteiger partial charge in [0, 0.05) is 19.6 Å². The Morgan fingerprint density at radius 2 is 1.93 bits per heavy atom. The van der Waals surface area contributed by atoms with Crippen LogP contribution in [0.5, 0.6) is 0 Å². The minimum absolute atomic E-state index is 0. The van der Waals surface area contributed by atoms with Gasteiger partial charge >= 0.3 is 6.03 Å². The molecule has 2 aliphatic rings. The molecule has 1 saturated heterocycles. The summed E-state index contributed by atoms with van der Waals surface area (Å²) in [6, 6.07) is 1.25. The summed E-state index contributed by atoms with van der Waals surface area (Å²) in [5.74, 6) is 0.578. The molecule has 0 bridgehead atoms. The van der Waals surface area contributed by atoms with Crippen LogP contribution in [0, 0.1) is 5.92 Å². The third-order valence-electron chi connectivity index (χ3n) is 3.08. The smallest absolute Gasteiger partial charge is 0.320 e. The van der Waals surface area contributed by atoms with Gasteiger partial charge in [0.25, 0.3) is 0 Å². The van der Waals surface area contributed by atoms with Crippen molar-refractivity contribution in [2.45, 2.75) is 38.8 Å². The van der Waals surface area contributed by atoms with Gasteiger partial charge in [0.2, 0.25) is 0 Å². The monoisotopic (exact) mass is 218 g/mol. The van der Waals surface area contributed by atoms with Crippen LogP contribution in [-0.2, 0) is 0 Å². The predicted octanol–water partition coefficient (Wildman–Crippen LogP) is 1.96. The Morgan fingerprint density at radius 1 is 1.36 bits per heavy atom. The highest BCUT2D eigenvalue weighted by Crippen LogP contribution is 2.34. The molecule has 2 amide bonds. The molecule has 1 unspecified atom stereocenters. The van der Waals surface area contributed by atoms with E-state index in [-0.39, 0.29) is 18.4 Å². The summed E-state index contributed by atoms with van der Waals surface area (Å²) in [5, 5.41) is 0. The van der Waals surface area contributed by atoms with Gasteiger partial charge in [-0.1, -0.05) is 13.8 Å². The first-order chi connectivity index (χ1) is 6.11. The van der Waals surface area contributed by atoms with Crippen molar-refractivity contribution >= 4 is 18.4 Å². The Labute approximate surface area is 91.8 Å².